The van der Waals surface area contributed by atoms with Crippen molar-refractivity contribution < 1.29 is 4.39 Å². The number of rotatable bonds is 4. The van der Waals surface area contributed by atoms with Crippen LogP contribution in [0.3, 0.4) is 0 Å². The monoisotopic (exact) mass is 354 g/mol. The van der Waals surface area contributed by atoms with Gasteiger partial charge in [-0.3, -0.25) is 11.3 Å². The summed E-state index contributed by atoms with van der Waals surface area (Å²) in [6.45, 7) is 0. The van der Waals surface area contributed by atoms with Gasteiger partial charge in [-0.1, -0.05) is 15.9 Å². The van der Waals surface area contributed by atoms with Crippen molar-refractivity contribution in [3.05, 3.63) is 55.4 Å². The van der Waals surface area contributed by atoms with Crippen molar-refractivity contribution in [1.29, 1.82) is 0 Å². The molecule has 1 aromatic heterocycles. The van der Waals surface area contributed by atoms with Gasteiger partial charge in [0.25, 0.3) is 0 Å². The lowest BCUT2D eigenvalue weighted by Gasteiger charge is -2.15. The zero-order valence-electron chi connectivity index (χ0n) is 11.0. The normalized spacial score (nSPS) is 15.3. The van der Waals surface area contributed by atoms with Gasteiger partial charge in [0.1, 0.15) is 5.82 Å². The Morgan fingerprint density at radius 2 is 2.15 bits per heavy atom. The number of aryl methyl sites for hydroxylation is 2. The summed E-state index contributed by atoms with van der Waals surface area (Å²) in [5.74, 6) is 5.48. The maximum absolute atomic E-state index is 13.4. The molecule has 0 amide bonds. The average molecular weight is 355 g/mol. The number of fused-ring (bicyclic) bond motifs is 1. The van der Waals surface area contributed by atoms with Crippen molar-refractivity contribution in [3.8, 4) is 0 Å². The van der Waals surface area contributed by atoms with Gasteiger partial charge in [0, 0.05) is 14.2 Å². The quantitative estimate of drug-likeness (QED) is 0.645. The van der Waals surface area contributed by atoms with Crippen molar-refractivity contribution in [3.63, 3.8) is 0 Å². The Morgan fingerprint density at radius 1 is 1.30 bits per heavy atom. The van der Waals surface area contributed by atoms with Crippen LogP contribution in [0, 0.1) is 5.82 Å². The third-order valence-electron chi connectivity index (χ3n) is 3.67. The van der Waals surface area contributed by atoms with Crippen LogP contribution < -0.4 is 11.3 Å². The fourth-order valence-corrected chi connectivity index (χ4v) is 4.56. The molecular weight excluding hydrogens is 339 g/mol. The number of hydrogen-bond donors (Lipinski definition) is 2. The lowest BCUT2D eigenvalue weighted by molar-refractivity contribution is 0.556. The number of hydrogen-bond acceptors (Lipinski definition) is 3. The van der Waals surface area contributed by atoms with Crippen LogP contribution in [-0.4, -0.2) is 0 Å². The van der Waals surface area contributed by atoms with E-state index in [0.717, 1.165) is 10.0 Å². The molecule has 0 spiro atoms. The zero-order chi connectivity index (χ0) is 14.1. The molecule has 0 bridgehead atoms. The first-order valence-electron chi connectivity index (χ1n) is 6.68. The molecule has 1 aromatic carbocycles. The molecule has 2 aromatic rings. The molecule has 106 valence electrons. The van der Waals surface area contributed by atoms with Crippen LogP contribution in [0.4, 0.5) is 4.39 Å². The molecule has 5 heteroatoms. The van der Waals surface area contributed by atoms with E-state index in [1.54, 1.807) is 6.07 Å². The second-order valence-electron chi connectivity index (χ2n) is 5.15. The molecule has 0 saturated heterocycles. The molecule has 1 unspecified atom stereocenters. The van der Waals surface area contributed by atoms with Crippen molar-refractivity contribution in [2.24, 2.45) is 5.84 Å². The van der Waals surface area contributed by atoms with Crippen LogP contribution in [0.15, 0.2) is 28.7 Å². The highest BCUT2D eigenvalue weighted by Gasteiger charge is 2.20. The highest BCUT2D eigenvalue weighted by molar-refractivity contribution is 9.10. The van der Waals surface area contributed by atoms with Crippen LogP contribution in [0.2, 0.25) is 0 Å². The maximum atomic E-state index is 13.4. The molecule has 3 rings (SSSR count). The van der Waals surface area contributed by atoms with E-state index in [-0.39, 0.29) is 11.9 Å². The molecule has 3 N–H and O–H groups in total. The predicted molar refractivity (Wildman–Crippen MR) is 84.2 cm³/mol. The number of hydrazine groups is 1. The number of halogens is 2. The molecule has 0 aliphatic heterocycles. The molecule has 2 nitrogen and oxygen atoms in total. The number of nitrogens with two attached hydrogens (primary N) is 1. The standard InChI is InChI=1S/C15H16BrFN2S/c16-11-4-9(5-12(17)8-11)6-13(19-18)15-7-10-2-1-3-14(10)20-15/h4-5,7-8,13,19H,1-3,6,18H2. The first-order valence-corrected chi connectivity index (χ1v) is 8.29. The van der Waals surface area contributed by atoms with Gasteiger partial charge in [0.2, 0.25) is 0 Å². The maximum Gasteiger partial charge on any atom is 0.124 e. The van der Waals surface area contributed by atoms with E-state index in [4.69, 9.17) is 5.84 Å². The molecule has 20 heavy (non-hydrogen) atoms. The first kappa shape index (κ1) is 14.2. The van der Waals surface area contributed by atoms with Gasteiger partial charge >= 0.3 is 0 Å². The van der Waals surface area contributed by atoms with E-state index < -0.39 is 0 Å². The largest absolute Gasteiger partial charge is 0.271 e. The molecule has 0 radical (unpaired) electrons. The summed E-state index contributed by atoms with van der Waals surface area (Å²) >= 11 is 5.16. The highest BCUT2D eigenvalue weighted by atomic mass is 79.9. The average Bonchev–Trinajstić information content (AvgIpc) is 2.95. The van der Waals surface area contributed by atoms with Gasteiger partial charge in [-0.25, -0.2) is 4.39 Å². The zero-order valence-corrected chi connectivity index (χ0v) is 13.4. The van der Waals surface area contributed by atoms with Crippen LogP contribution in [0.5, 0.6) is 0 Å². The summed E-state index contributed by atoms with van der Waals surface area (Å²) in [5, 5.41) is 0. The topological polar surface area (TPSA) is 38.0 Å². The highest BCUT2D eigenvalue weighted by Crippen LogP contribution is 2.34. The first-order chi connectivity index (χ1) is 9.65. The Morgan fingerprint density at radius 3 is 2.85 bits per heavy atom. The SMILES string of the molecule is NNC(Cc1cc(F)cc(Br)c1)c1cc2c(s1)CCC2. The van der Waals surface area contributed by atoms with Crippen molar-refractivity contribution in [2.45, 2.75) is 31.7 Å². The molecule has 1 heterocycles. The smallest absolute Gasteiger partial charge is 0.124 e. The van der Waals surface area contributed by atoms with Crippen LogP contribution >= 0.6 is 27.3 Å². The predicted octanol–water partition coefficient (Wildman–Crippen LogP) is 3.89. The molecule has 1 aliphatic carbocycles. The van der Waals surface area contributed by atoms with Gasteiger partial charge in [-0.2, -0.15) is 0 Å². The van der Waals surface area contributed by atoms with E-state index in [1.807, 2.05) is 17.4 Å². The third kappa shape index (κ3) is 2.96. The lowest BCUT2D eigenvalue weighted by Crippen LogP contribution is -2.29. The second kappa shape index (κ2) is 5.93. The number of nitrogens with one attached hydrogen (secondary N) is 1. The summed E-state index contributed by atoms with van der Waals surface area (Å²) < 4.78 is 14.2. The Labute approximate surface area is 130 Å². The van der Waals surface area contributed by atoms with Gasteiger partial charge in [-0.05, 0) is 61.1 Å². The minimum Gasteiger partial charge on any atom is -0.271 e. The van der Waals surface area contributed by atoms with Crippen molar-refractivity contribution in [2.75, 3.05) is 0 Å². The van der Waals surface area contributed by atoms with Crippen molar-refractivity contribution in [1.82, 2.24) is 5.43 Å². The Hall–Kier alpha value is -0.750. The minimum absolute atomic E-state index is 0.0410. The summed E-state index contributed by atoms with van der Waals surface area (Å²) in [6.07, 6.45) is 4.31. The summed E-state index contributed by atoms with van der Waals surface area (Å²) in [4.78, 5) is 2.73. The summed E-state index contributed by atoms with van der Waals surface area (Å²) in [5.41, 5.74) is 5.27. The van der Waals surface area contributed by atoms with E-state index in [9.17, 15) is 4.39 Å². The number of benzene rings is 1. The molecule has 1 atom stereocenters. The molecule has 0 saturated carbocycles. The lowest BCUT2D eigenvalue weighted by atomic mass is 10.0. The van der Waals surface area contributed by atoms with Gasteiger partial charge in [0.05, 0.1) is 6.04 Å². The fraction of sp³-hybridized carbons (Fsp3) is 0.333. The Kier molecular flexibility index (Phi) is 4.21. The van der Waals surface area contributed by atoms with Crippen LogP contribution in [0.1, 0.15) is 33.3 Å². The van der Waals surface area contributed by atoms with E-state index in [1.165, 1.54) is 40.6 Å². The van der Waals surface area contributed by atoms with Crippen LogP contribution in [-0.2, 0) is 19.3 Å². The van der Waals surface area contributed by atoms with E-state index >= 15 is 0 Å². The summed E-state index contributed by atoms with van der Waals surface area (Å²) in [6, 6.07) is 7.27. The Bertz CT molecular complexity index is 585. The van der Waals surface area contributed by atoms with Crippen molar-refractivity contribution >= 4 is 27.3 Å². The van der Waals surface area contributed by atoms with E-state index in [0.29, 0.717) is 6.42 Å². The Balaban J connectivity index is 1.82. The molecular formula is C15H16BrFN2S. The van der Waals surface area contributed by atoms with Crippen LogP contribution in [0.25, 0.3) is 0 Å². The summed E-state index contributed by atoms with van der Waals surface area (Å²) in [7, 11) is 0. The molecule has 1 aliphatic rings. The second-order valence-corrected chi connectivity index (χ2v) is 7.24. The third-order valence-corrected chi connectivity index (χ3v) is 5.48. The van der Waals surface area contributed by atoms with Gasteiger partial charge in [0.15, 0.2) is 0 Å². The van der Waals surface area contributed by atoms with Gasteiger partial charge < -0.3 is 0 Å². The minimum atomic E-state index is -0.223. The number of thiophene rings is 1. The van der Waals surface area contributed by atoms with Gasteiger partial charge in [-0.15, -0.1) is 11.3 Å². The van der Waals surface area contributed by atoms with E-state index in [2.05, 4.69) is 27.4 Å². The fourth-order valence-electron chi connectivity index (χ4n) is 2.73. The molecule has 0 fully saturated rings.